The van der Waals surface area contributed by atoms with Crippen LogP contribution in [0.5, 0.6) is 0 Å². The summed E-state index contributed by atoms with van der Waals surface area (Å²) in [5.74, 6) is 0.455. The summed E-state index contributed by atoms with van der Waals surface area (Å²) >= 11 is 0. The Labute approximate surface area is 118 Å². The van der Waals surface area contributed by atoms with E-state index in [0.29, 0.717) is 18.0 Å². The number of nitrogens with zero attached hydrogens (tertiary/aromatic N) is 3. The third-order valence-corrected chi connectivity index (χ3v) is 3.50. The minimum atomic E-state index is 0.182. The molecule has 0 amide bonds. The first kappa shape index (κ1) is 14.5. The average Bonchev–Trinajstić information content (AvgIpc) is 2.85. The summed E-state index contributed by atoms with van der Waals surface area (Å²) in [5, 5.41) is 21.5. The normalized spacial score (nSPS) is 12.8. The van der Waals surface area contributed by atoms with E-state index >= 15 is 0 Å². The topological polar surface area (TPSA) is 73.3 Å². The number of pyridine rings is 1. The minimum Gasteiger partial charge on any atom is -0.396 e. The molecule has 5 nitrogen and oxygen atoms in total. The molecule has 2 heterocycles. The van der Waals surface area contributed by atoms with Crippen LogP contribution in [0.4, 0.5) is 0 Å². The van der Waals surface area contributed by atoms with Gasteiger partial charge in [0.05, 0.1) is 17.5 Å². The molecule has 0 spiro atoms. The fraction of sp³-hybridized carbons (Fsp3) is 0.467. The summed E-state index contributed by atoms with van der Waals surface area (Å²) in [4.78, 5) is 4.33. The molecule has 106 valence electrons. The Morgan fingerprint density at radius 2 is 2.25 bits per heavy atom. The van der Waals surface area contributed by atoms with E-state index < -0.39 is 0 Å². The van der Waals surface area contributed by atoms with Crippen molar-refractivity contribution in [3.63, 3.8) is 0 Å². The molecule has 2 aromatic rings. The Bertz CT molecular complexity index is 612. The molecule has 0 saturated carbocycles. The summed E-state index contributed by atoms with van der Waals surface area (Å²) in [6.07, 6.45) is 4.35. The van der Waals surface area contributed by atoms with Crippen molar-refractivity contribution in [1.29, 1.82) is 5.26 Å². The number of rotatable bonds is 6. The second-order valence-electron chi connectivity index (χ2n) is 5.25. The van der Waals surface area contributed by atoms with Gasteiger partial charge in [0.15, 0.2) is 0 Å². The SMILES string of the molecule is CC(C)C(CCO)NCc1cnc2ccc(C#N)cn12. The third-order valence-electron chi connectivity index (χ3n) is 3.50. The van der Waals surface area contributed by atoms with E-state index in [1.54, 1.807) is 12.3 Å². The predicted molar refractivity (Wildman–Crippen MR) is 77.1 cm³/mol. The number of hydrogen-bond acceptors (Lipinski definition) is 4. The van der Waals surface area contributed by atoms with Crippen LogP contribution in [0.1, 0.15) is 31.5 Å². The quantitative estimate of drug-likeness (QED) is 0.839. The van der Waals surface area contributed by atoms with Gasteiger partial charge in [0, 0.05) is 25.4 Å². The molecule has 2 N–H and O–H groups in total. The van der Waals surface area contributed by atoms with E-state index in [9.17, 15) is 0 Å². The smallest absolute Gasteiger partial charge is 0.137 e. The van der Waals surface area contributed by atoms with Gasteiger partial charge < -0.3 is 14.8 Å². The number of aromatic nitrogens is 2. The number of imidazole rings is 1. The highest BCUT2D eigenvalue weighted by molar-refractivity contribution is 5.44. The van der Waals surface area contributed by atoms with Crippen LogP contribution >= 0.6 is 0 Å². The van der Waals surface area contributed by atoms with Gasteiger partial charge in [0.25, 0.3) is 0 Å². The predicted octanol–water partition coefficient (Wildman–Crippen LogP) is 1.70. The number of nitriles is 1. The molecule has 0 fully saturated rings. The van der Waals surface area contributed by atoms with Crippen LogP contribution in [0.2, 0.25) is 0 Å². The largest absolute Gasteiger partial charge is 0.396 e. The van der Waals surface area contributed by atoms with Crippen LogP contribution in [-0.4, -0.2) is 27.1 Å². The standard InChI is InChI=1S/C15H20N4O/c1-11(2)14(5-6-20)17-8-13-9-18-15-4-3-12(7-16)10-19(13)15/h3-4,9-11,14,17,20H,5-6,8H2,1-2H3. The lowest BCUT2D eigenvalue weighted by molar-refractivity contribution is 0.243. The second kappa shape index (κ2) is 6.51. The summed E-state index contributed by atoms with van der Waals surface area (Å²) in [6.45, 7) is 5.12. The zero-order valence-corrected chi connectivity index (χ0v) is 11.9. The van der Waals surface area contributed by atoms with Crippen LogP contribution in [0, 0.1) is 17.2 Å². The van der Waals surface area contributed by atoms with Gasteiger partial charge in [-0.15, -0.1) is 0 Å². The maximum atomic E-state index is 9.09. The van der Waals surface area contributed by atoms with Gasteiger partial charge in [0.2, 0.25) is 0 Å². The fourth-order valence-corrected chi connectivity index (χ4v) is 2.27. The Balaban J connectivity index is 2.15. The minimum absolute atomic E-state index is 0.182. The summed E-state index contributed by atoms with van der Waals surface area (Å²) in [5.41, 5.74) is 2.47. The van der Waals surface area contributed by atoms with Crippen molar-refractivity contribution in [3.8, 4) is 6.07 Å². The van der Waals surface area contributed by atoms with Crippen molar-refractivity contribution in [2.75, 3.05) is 6.61 Å². The lowest BCUT2D eigenvalue weighted by Gasteiger charge is -2.21. The van der Waals surface area contributed by atoms with Gasteiger partial charge in [-0.05, 0) is 24.5 Å². The average molecular weight is 272 g/mol. The molecular formula is C15H20N4O. The first-order valence-corrected chi connectivity index (χ1v) is 6.86. The van der Waals surface area contributed by atoms with Gasteiger partial charge in [-0.3, -0.25) is 0 Å². The van der Waals surface area contributed by atoms with Gasteiger partial charge >= 0.3 is 0 Å². The van der Waals surface area contributed by atoms with Crippen LogP contribution in [0.3, 0.4) is 0 Å². The lowest BCUT2D eigenvalue weighted by atomic mass is 10.0. The Morgan fingerprint density at radius 3 is 2.90 bits per heavy atom. The van der Waals surface area contributed by atoms with Crippen LogP contribution in [-0.2, 0) is 6.54 Å². The monoisotopic (exact) mass is 272 g/mol. The van der Waals surface area contributed by atoms with Crippen molar-refractivity contribution in [1.82, 2.24) is 14.7 Å². The highest BCUT2D eigenvalue weighted by Crippen LogP contribution is 2.11. The van der Waals surface area contributed by atoms with Gasteiger partial charge in [-0.25, -0.2) is 4.98 Å². The van der Waals surface area contributed by atoms with Crippen molar-refractivity contribution < 1.29 is 5.11 Å². The first-order chi connectivity index (χ1) is 9.65. The highest BCUT2D eigenvalue weighted by Gasteiger charge is 2.13. The Morgan fingerprint density at radius 1 is 1.45 bits per heavy atom. The summed E-state index contributed by atoms with van der Waals surface area (Å²) in [7, 11) is 0. The van der Waals surface area contributed by atoms with Crippen molar-refractivity contribution in [3.05, 3.63) is 35.8 Å². The zero-order valence-electron chi connectivity index (χ0n) is 11.9. The number of aliphatic hydroxyl groups excluding tert-OH is 1. The van der Waals surface area contributed by atoms with Crippen LogP contribution in [0.15, 0.2) is 24.5 Å². The van der Waals surface area contributed by atoms with E-state index in [2.05, 4.69) is 30.2 Å². The highest BCUT2D eigenvalue weighted by atomic mass is 16.3. The van der Waals surface area contributed by atoms with Crippen LogP contribution < -0.4 is 5.32 Å². The molecule has 0 saturated heterocycles. The van der Waals surface area contributed by atoms with Crippen molar-refractivity contribution >= 4 is 5.65 Å². The molecule has 1 unspecified atom stereocenters. The fourth-order valence-electron chi connectivity index (χ4n) is 2.27. The van der Waals surface area contributed by atoms with E-state index in [4.69, 9.17) is 10.4 Å². The summed E-state index contributed by atoms with van der Waals surface area (Å²) < 4.78 is 1.93. The molecule has 0 aliphatic carbocycles. The second-order valence-corrected chi connectivity index (χ2v) is 5.25. The first-order valence-electron chi connectivity index (χ1n) is 6.86. The van der Waals surface area contributed by atoms with Crippen molar-refractivity contribution in [2.45, 2.75) is 32.9 Å². The van der Waals surface area contributed by atoms with Crippen molar-refractivity contribution in [2.24, 2.45) is 5.92 Å². The zero-order chi connectivity index (χ0) is 14.5. The van der Waals surface area contributed by atoms with E-state index in [1.807, 2.05) is 16.7 Å². The maximum Gasteiger partial charge on any atom is 0.137 e. The van der Waals surface area contributed by atoms with Gasteiger partial charge in [-0.2, -0.15) is 5.26 Å². The lowest BCUT2D eigenvalue weighted by Crippen LogP contribution is -2.34. The van der Waals surface area contributed by atoms with E-state index in [-0.39, 0.29) is 12.6 Å². The van der Waals surface area contributed by atoms with Gasteiger partial charge in [-0.1, -0.05) is 13.8 Å². The molecule has 0 aromatic carbocycles. The molecule has 5 heteroatoms. The number of fused-ring (bicyclic) bond motifs is 1. The Kier molecular flexibility index (Phi) is 4.72. The molecule has 0 aliphatic heterocycles. The molecule has 0 bridgehead atoms. The number of hydrogen-bond donors (Lipinski definition) is 2. The third kappa shape index (κ3) is 3.16. The molecule has 2 aromatic heterocycles. The van der Waals surface area contributed by atoms with Gasteiger partial charge in [0.1, 0.15) is 11.7 Å². The number of nitrogens with one attached hydrogen (secondary N) is 1. The van der Waals surface area contributed by atoms with E-state index in [1.165, 1.54) is 0 Å². The van der Waals surface area contributed by atoms with Crippen LogP contribution in [0.25, 0.3) is 5.65 Å². The maximum absolute atomic E-state index is 9.09. The molecule has 0 aliphatic rings. The summed E-state index contributed by atoms with van der Waals surface area (Å²) in [6, 6.07) is 6.01. The molecule has 2 rings (SSSR count). The Hall–Kier alpha value is -1.90. The molecule has 20 heavy (non-hydrogen) atoms. The number of aliphatic hydroxyl groups is 1. The molecular weight excluding hydrogens is 252 g/mol. The van der Waals surface area contributed by atoms with E-state index in [0.717, 1.165) is 17.8 Å². The molecule has 1 atom stereocenters. The molecule has 0 radical (unpaired) electrons.